The molecular weight excluding hydrogens is 398 g/mol. The zero-order chi connectivity index (χ0) is 21.0. The molecule has 30 heavy (non-hydrogen) atoms. The van der Waals surface area contributed by atoms with Crippen molar-refractivity contribution in [2.45, 2.75) is 32.4 Å². The lowest BCUT2D eigenvalue weighted by Crippen LogP contribution is -2.17. The second-order valence-corrected chi connectivity index (χ2v) is 7.80. The molecule has 2 atom stereocenters. The molecule has 1 aliphatic heterocycles. The number of hydrogen-bond donors (Lipinski definition) is 1. The molecule has 158 valence electrons. The van der Waals surface area contributed by atoms with E-state index in [-0.39, 0.29) is 17.7 Å². The lowest BCUT2D eigenvalue weighted by Gasteiger charge is -2.13. The van der Waals surface area contributed by atoms with E-state index in [1.54, 1.807) is 10.6 Å². The highest BCUT2D eigenvalue weighted by Gasteiger charge is 2.55. The molecule has 0 bridgehead atoms. The summed E-state index contributed by atoms with van der Waals surface area (Å²) in [5.41, 5.74) is 1.11. The lowest BCUT2D eigenvalue weighted by molar-refractivity contribution is 0.0561. The number of fused-ring (bicyclic) bond motifs is 2. The van der Waals surface area contributed by atoms with E-state index < -0.39 is 12.5 Å². The molecule has 0 spiro atoms. The van der Waals surface area contributed by atoms with Gasteiger partial charge >= 0.3 is 6.55 Å². The van der Waals surface area contributed by atoms with Crippen molar-refractivity contribution < 1.29 is 23.0 Å². The summed E-state index contributed by atoms with van der Waals surface area (Å²) in [5, 5.41) is 6.24. The molecule has 2 fully saturated rings. The quantitative estimate of drug-likeness (QED) is 0.661. The standard InChI is InChI=1S/C19H20F2N6O3/c1-9(2)30-17-14(22-16(28)12-3-4-27(25-12)18(20)21)6-26-5-13(23-19(26)24-17)15-10-7-29-8-11(10)15/h3-6,9-11,15,18H,7-8H2,1-2H3,(H,22,28). The first kappa shape index (κ1) is 18.9. The van der Waals surface area contributed by atoms with Crippen LogP contribution in [0.3, 0.4) is 0 Å². The number of carbonyl (C=O) groups excluding carboxylic acids is 1. The molecule has 1 saturated heterocycles. The molecule has 2 aliphatic rings. The number of carbonyl (C=O) groups is 1. The maximum absolute atomic E-state index is 12.7. The number of amides is 1. The van der Waals surface area contributed by atoms with Gasteiger partial charge in [-0.15, -0.1) is 0 Å². The van der Waals surface area contributed by atoms with E-state index in [1.807, 2.05) is 20.0 Å². The Morgan fingerprint density at radius 3 is 2.70 bits per heavy atom. The molecule has 1 saturated carbocycles. The summed E-state index contributed by atoms with van der Waals surface area (Å²) < 4.78 is 38.8. The van der Waals surface area contributed by atoms with Gasteiger partial charge in [-0.05, 0) is 31.7 Å². The van der Waals surface area contributed by atoms with Crippen LogP contribution < -0.4 is 10.1 Å². The number of nitrogens with zero attached hydrogens (tertiary/aromatic N) is 5. The van der Waals surface area contributed by atoms with E-state index in [0.29, 0.717) is 33.9 Å². The minimum absolute atomic E-state index is 0.136. The van der Waals surface area contributed by atoms with Crippen molar-refractivity contribution in [2.24, 2.45) is 11.8 Å². The van der Waals surface area contributed by atoms with Gasteiger partial charge in [0.25, 0.3) is 5.91 Å². The first-order valence-corrected chi connectivity index (χ1v) is 9.69. The number of hydrogen-bond acceptors (Lipinski definition) is 6. The molecule has 5 rings (SSSR count). The maximum Gasteiger partial charge on any atom is 0.333 e. The van der Waals surface area contributed by atoms with Crippen molar-refractivity contribution in [1.29, 1.82) is 0 Å². The van der Waals surface area contributed by atoms with Crippen LogP contribution in [0, 0.1) is 11.8 Å². The molecular formula is C19H20F2N6O3. The van der Waals surface area contributed by atoms with Crippen LogP contribution in [0.15, 0.2) is 24.7 Å². The molecule has 0 aromatic carbocycles. The van der Waals surface area contributed by atoms with Gasteiger partial charge in [-0.1, -0.05) is 0 Å². The SMILES string of the molecule is CC(C)Oc1nc2nc(C3C4COCC43)cn2cc1NC(=O)c1ccn(C(F)F)n1. The number of rotatable bonds is 6. The summed E-state index contributed by atoms with van der Waals surface area (Å²) in [6.45, 7) is 2.37. The van der Waals surface area contributed by atoms with Crippen molar-refractivity contribution in [2.75, 3.05) is 18.5 Å². The predicted octanol–water partition coefficient (Wildman–Crippen LogP) is 2.72. The second-order valence-electron chi connectivity index (χ2n) is 7.80. The normalized spacial score (nSPS) is 22.7. The zero-order valence-electron chi connectivity index (χ0n) is 16.3. The summed E-state index contributed by atoms with van der Waals surface area (Å²) in [6, 6.07) is 1.22. The average molecular weight is 418 g/mol. The third-order valence-corrected chi connectivity index (χ3v) is 5.36. The average Bonchev–Trinajstić information content (AvgIpc) is 3.16. The number of aromatic nitrogens is 5. The van der Waals surface area contributed by atoms with Crippen LogP contribution in [0.2, 0.25) is 0 Å². The van der Waals surface area contributed by atoms with Gasteiger partial charge in [0, 0.05) is 24.5 Å². The van der Waals surface area contributed by atoms with Crippen LogP contribution in [0.1, 0.15) is 42.5 Å². The Morgan fingerprint density at radius 2 is 2.03 bits per heavy atom. The van der Waals surface area contributed by atoms with E-state index in [4.69, 9.17) is 9.47 Å². The smallest absolute Gasteiger partial charge is 0.333 e. The summed E-state index contributed by atoms with van der Waals surface area (Å²) >= 11 is 0. The van der Waals surface area contributed by atoms with Crippen LogP contribution in [-0.2, 0) is 4.74 Å². The molecule has 1 N–H and O–H groups in total. The Bertz CT molecular complexity index is 1100. The summed E-state index contributed by atoms with van der Waals surface area (Å²) in [4.78, 5) is 21.6. The molecule has 2 unspecified atom stereocenters. The van der Waals surface area contributed by atoms with Gasteiger partial charge in [0.05, 0.1) is 25.0 Å². The summed E-state index contributed by atoms with van der Waals surface area (Å²) in [7, 11) is 0. The van der Waals surface area contributed by atoms with Crippen molar-refractivity contribution >= 4 is 17.4 Å². The predicted molar refractivity (Wildman–Crippen MR) is 101 cm³/mol. The number of nitrogens with one attached hydrogen (secondary N) is 1. The molecule has 4 heterocycles. The van der Waals surface area contributed by atoms with Crippen molar-refractivity contribution in [3.63, 3.8) is 0 Å². The minimum atomic E-state index is -2.82. The lowest BCUT2D eigenvalue weighted by atomic mass is 10.2. The third kappa shape index (κ3) is 3.28. The van der Waals surface area contributed by atoms with E-state index in [2.05, 4.69) is 20.4 Å². The fourth-order valence-electron chi connectivity index (χ4n) is 3.92. The Morgan fingerprint density at radius 1 is 1.27 bits per heavy atom. The van der Waals surface area contributed by atoms with E-state index in [1.165, 1.54) is 6.07 Å². The van der Waals surface area contributed by atoms with Crippen LogP contribution in [0.5, 0.6) is 5.88 Å². The van der Waals surface area contributed by atoms with Gasteiger partial charge in [-0.2, -0.15) is 18.9 Å². The van der Waals surface area contributed by atoms with Crippen molar-refractivity contribution in [3.8, 4) is 5.88 Å². The van der Waals surface area contributed by atoms with Crippen LogP contribution >= 0.6 is 0 Å². The molecule has 11 heteroatoms. The van der Waals surface area contributed by atoms with E-state index in [9.17, 15) is 13.6 Å². The second kappa shape index (κ2) is 7.01. The zero-order valence-corrected chi connectivity index (χ0v) is 16.3. The van der Waals surface area contributed by atoms with Crippen molar-refractivity contribution in [3.05, 3.63) is 36.0 Å². The maximum atomic E-state index is 12.7. The van der Waals surface area contributed by atoms with Gasteiger partial charge in [0.15, 0.2) is 5.69 Å². The van der Waals surface area contributed by atoms with Gasteiger partial charge < -0.3 is 14.8 Å². The molecule has 1 amide bonds. The fourth-order valence-corrected chi connectivity index (χ4v) is 3.92. The monoisotopic (exact) mass is 418 g/mol. The number of imidazole rings is 1. The molecule has 1 aliphatic carbocycles. The number of anilines is 1. The first-order chi connectivity index (χ1) is 14.4. The molecule has 3 aromatic rings. The van der Waals surface area contributed by atoms with Crippen LogP contribution in [-0.4, -0.2) is 49.4 Å². The molecule has 3 aromatic heterocycles. The molecule has 9 nitrogen and oxygen atoms in total. The highest BCUT2D eigenvalue weighted by Crippen LogP contribution is 2.57. The fraction of sp³-hybridized carbons (Fsp3) is 0.474. The van der Waals surface area contributed by atoms with Crippen molar-refractivity contribution in [1.82, 2.24) is 24.1 Å². The van der Waals surface area contributed by atoms with Gasteiger partial charge in [-0.25, -0.2) is 9.67 Å². The van der Waals surface area contributed by atoms with E-state index >= 15 is 0 Å². The highest BCUT2D eigenvalue weighted by molar-refractivity contribution is 6.03. The van der Waals surface area contributed by atoms with Gasteiger partial charge in [-0.3, -0.25) is 9.20 Å². The number of halogens is 2. The van der Waals surface area contributed by atoms with Crippen LogP contribution in [0.4, 0.5) is 14.5 Å². The Balaban J connectivity index is 1.45. The largest absolute Gasteiger partial charge is 0.473 e. The Hall–Kier alpha value is -3.08. The Labute approximate surface area is 170 Å². The summed E-state index contributed by atoms with van der Waals surface area (Å²) in [6.07, 6.45) is 4.41. The Kier molecular flexibility index (Phi) is 4.42. The number of alkyl halides is 2. The van der Waals surface area contributed by atoms with Gasteiger partial charge in [0.2, 0.25) is 11.7 Å². The topological polar surface area (TPSA) is 95.6 Å². The first-order valence-electron chi connectivity index (χ1n) is 9.69. The summed E-state index contributed by atoms with van der Waals surface area (Å²) in [5.74, 6) is 1.41. The van der Waals surface area contributed by atoms with Gasteiger partial charge in [0.1, 0.15) is 5.69 Å². The highest BCUT2D eigenvalue weighted by atomic mass is 19.3. The third-order valence-electron chi connectivity index (χ3n) is 5.36. The molecule has 0 radical (unpaired) electrons. The minimum Gasteiger partial charge on any atom is -0.473 e. The number of ether oxygens (including phenoxy) is 2. The van der Waals surface area contributed by atoms with E-state index in [0.717, 1.165) is 25.1 Å². The van der Waals surface area contributed by atoms with Crippen LogP contribution in [0.25, 0.3) is 5.78 Å².